The van der Waals surface area contributed by atoms with E-state index in [1.165, 1.54) is 0 Å². The molecule has 0 aliphatic heterocycles. The van der Waals surface area contributed by atoms with Crippen LogP contribution in [0.2, 0.25) is 5.02 Å². The van der Waals surface area contributed by atoms with Crippen LogP contribution in [-0.4, -0.2) is 5.91 Å². The SMILES string of the molecule is O=C(Nc1cccc2ccccc12)c1cc(F)c(F)cc1Cl. The number of anilines is 1. The van der Waals surface area contributed by atoms with Crippen molar-refractivity contribution in [2.45, 2.75) is 0 Å². The van der Waals surface area contributed by atoms with Gasteiger partial charge in [0.15, 0.2) is 11.6 Å². The lowest BCUT2D eigenvalue weighted by Gasteiger charge is -2.10. The van der Waals surface area contributed by atoms with Crippen LogP contribution < -0.4 is 5.32 Å². The van der Waals surface area contributed by atoms with Crippen molar-refractivity contribution in [2.24, 2.45) is 0 Å². The van der Waals surface area contributed by atoms with Gasteiger partial charge < -0.3 is 5.32 Å². The summed E-state index contributed by atoms with van der Waals surface area (Å²) >= 11 is 5.81. The van der Waals surface area contributed by atoms with Crippen LogP contribution in [0.25, 0.3) is 10.8 Å². The molecule has 0 saturated carbocycles. The van der Waals surface area contributed by atoms with Crippen LogP contribution in [0.1, 0.15) is 10.4 Å². The van der Waals surface area contributed by atoms with Crippen LogP contribution in [0.15, 0.2) is 54.6 Å². The first kappa shape index (κ1) is 14.5. The van der Waals surface area contributed by atoms with Gasteiger partial charge in [0.2, 0.25) is 0 Å². The van der Waals surface area contributed by atoms with Crippen molar-refractivity contribution in [2.75, 3.05) is 5.32 Å². The first-order valence-electron chi connectivity index (χ1n) is 6.50. The molecule has 1 N–H and O–H groups in total. The first-order valence-corrected chi connectivity index (χ1v) is 6.88. The van der Waals surface area contributed by atoms with Crippen molar-refractivity contribution < 1.29 is 13.6 Å². The largest absolute Gasteiger partial charge is 0.321 e. The minimum absolute atomic E-state index is 0.117. The van der Waals surface area contributed by atoms with E-state index in [-0.39, 0.29) is 10.6 Å². The van der Waals surface area contributed by atoms with E-state index in [1.807, 2.05) is 30.3 Å². The predicted octanol–water partition coefficient (Wildman–Crippen LogP) is 5.02. The molecule has 3 aromatic rings. The summed E-state index contributed by atoms with van der Waals surface area (Å²) in [5, 5.41) is 4.33. The molecule has 0 aromatic heterocycles. The van der Waals surface area contributed by atoms with Gasteiger partial charge in [0, 0.05) is 11.1 Å². The summed E-state index contributed by atoms with van der Waals surface area (Å²) in [5.74, 6) is -2.81. The summed E-state index contributed by atoms with van der Waals surface area (Å²) in [6.07, 6.45) is 0. The molecule has 2 nitrogen and oxygen atoms in total. The number of fused-ring (bicyclic) bond motifs is 1. The molecule has 0 fully saturated rings. The zero-order valence-corrected chi connectivity index (χ0v) is 12.0. The Morgan fingerprint density at radius 3 is 2.45 bits per heavy atom. The number of halogens is 3. The molecular formula is C17H10ClF2NO. The molecule has 0 unspecified atom stereocenters. The molecule has 0 atom stereocenters. The van der Waals surface area contributed by atoms with Crippen molar-refractivity contribution in [3.8, 4) is 0 Å². The fraction of sp³-hybridized carbons (Fsp3) is 0. The van der Waals surface area contributed by atoms with E-state index in [0.717, 1.165) is 22.9 Å². The Morgan fingerprint density at radius 1 is 0.955 bits per heavy atom. The lowest BCUT2D eigenvalue weighted by molar-refractivity contribution is 0.102. The molecular weight excluding hydrogens is 308 g/mol. The zero-order valence-electron chi connectivity index (χ0n) is 11.2. The van der Waals surface area contributed by atoms with Crippen molar-refractivity contribution in [1.82, 2.24) is 0 Å². The Hall–Kier alpha value is -2.46. The highest BCUT2D eigenvalue weighted by atomic mass is 35.5. The summed E-state index contributed by atoms with van der Waals surface area (Å²) in [5.41, 5.74) is 0.456. The summed E-state index contributed by atoms with van der Waals surface area (Å²) in [4.78, 5) is 12.3. The van der Waals surface area contributed by atoms with Gasteiger partial charge in [-0.25, -0.2) is 8.78 Å². The molecule has 22 heavy (non-hydrogen) atoms. The molecule has 0 aliphatic rings. The normalized spacial score (nSPS) is 10.7. The van der Waals surface area contributed by atoms with Gasteiger partial charge in [-0.15, -0.1) is 0 Å². The highest BCUT2D eigenvalue weighted by Crippen LogP contribution is 2.25. The van der Waals surface area contributed by atoms with Gasteiger partial charge in [-0.05, 0) is 23.6 Å². The minimum Gasteiger partial charge on any atom is -0.321 e. The number of benzene rings is 3. The van der Waals surface area contributed by atoms with Crippen LogP contribution in [-0.2, 0) is 0 Å². The van der Waals surface area contributed by atoms with Crippen LogP contribution >= 0.6 is 11.6 Å². The highest BCUT2D eigenvalue weighted by molar-refractivity contribution is 6.34. The van der Waals surface area contributed by atoms with E-state index in [2.05, 4.69) is 5.32 Å². The maximum absolute atomic E-state index is 13.3. The van der Waals surface area contributed by atoms with Gasteiger partial charge in [0.05, 0.1) is 10.6 Å². The van der Waals surface area contributed by atoms with Gasteiger partial charge >= 0.3 is 0 Å². The third-order valence-corrected chi connectivity index (χ3v) is 3.61. The maximum atomic E-state index is 13.3. The van der Waals surface area contributed by atoms with Crippen LogP contribution in [0.5, 0.6) is 0 Å². The number of amides is 1. The summed E-state index contributed by atoms with van der Waals surface area (Å²) in [6, 6.07) is 14.5. The number of carbonyl (C=O) groups excluding carboxylic acids is 1. The average molecular weight is 318 g/mol. The Kier molecular flexibility index (Phi) is 3.77. The number of rotatable bonds is 2. The summed E-state index contributed by atoms with van der Waals surface area (Å²) in [6.45, 7) is 0. The molecule has 3 aromatic carbocycles. The van der Waals surface area contributed by atoms with Crippen LogP contribution in [0, 0.1) is 11.6 Å². The number of carbonyl (C=O) groups is 1. The van der Waals surface area contributed by atoms with Gasteiger partial charge in [-0.2, -0.15) is 0 Å². The average Bonchev–Trinajstić information content (AvgIpc) is 2.51. The minimum atomic E-state index is -1.12. The van der Waals surface area contributed by atoms with Crippen molar-refractivity contribution in [1.29, 1.82) is 0 Å². The van der Waals surface area contributed by atoms with Crippen molar-refractivity contribution >= 4 is 34.0 Å². The smallest absolute Gasteiger partial charge is 0.257 e. The lowest BCUT2D eigenvalue weighted by atomic mass is 10.1. The second-order valence-electron chi connectivity index (χ2n) is 4.73. The Morgan fingerprint density at radius 2 is 1.64 bits per heavy atom. The molecule has 0 bridgehead atoms. The van der Waals surface area contributed by atoms with E-state index in [1.54, 1.807) is 12.1 Å². The van der Waals surface area contributed by atoms with Gasteiger partial charge in [-0.3, -0.25) is 4.79 Å². The van der Waals surface area contributed by atoms with E-state index < -0.39 is 17.5 Å². The highest BCUT2D eigenvalue weighted by Gasteiger charge is 2.15. The van der Waals surface area contributed by atoms with E-state index in [9.17, 15) is 13.6 Å². The third kappa shape index (κ3) is 2.65. The molecule has 1 amide bonds. The molecule has 0 radical (unpaired) electrons. The standard InChI is InChI=1S/C17H10ClF2NO/c18-13-9-15(20)14(19)8-12(13)17(22)21-16-7-3-5-10-4-1-2-6-11(10)16/h1-9H,(H,21,22). The Balaban J connectivity index is 1.99. The van der Waals surface area contributed by atoms with E-state index >= 15 is 0 Å². The van der Waals surface area contributed by atoms with Crippen LogP contribution in [0.4, 0.5) is 14.5 Å². The molecule has 0 heterocycles. The van der Waals surface area contributed by atoms with Crippen LogP contribution in [0.3, 0.4) is 0 Å². The first-order chi connectivity index (χ1) is 10.6. The van der Waals surface area contributed by atoms with Crippen molar-refractivity contribution in [3.05, 3.63) is 76.8 Å². The van der Waals surface area contributed by atoms with Gasteiger partial charge in [0.1, 0.15) is 0 Å². The monoisotopic (exact) mass is 317 g/mol. The lowest BCUT2D eigenvalue weighted by Crippen LogP contribution is -2.13. The molecule has 110 valence electrons. The second kappa shape index (κ2) is 5.73. The van der Waals surface area contributed by atoms with E-state index in [0.29, 0.717) is 5.69 Å². The zero-order chi connectivity index (χ0) is 15.7. The number of hydrogen-bond donors (Lipinski definition) is 1. The molecule has 5 heteroatoms. The second-order valence-corrected chi connectivity index (χ2v) is 5.13. The van der Waals surface area contributed by atoms with Gasteiger partial charge in [-0.1, -0.05) is 48.0 Å². The fourth-order valence-corrected chi connectivity index (χ4v) is 2.46. The summed E-state index contributed by atoms with van der Waals surface area (Å²) < 4.78 is 26.4. The maximum Gasteiger partial charge on any atom is 0.257 e. The van der Waals surface area contributed by atoms with Crippen molar-refractivity contribution in [3.63, 3.8) is 0 Å². The number of nitrogens with one attached hydrogen (secondary N) is 1. The molecule has 3 rings (SSSR count). The Labute approximate surface area is 130 Å². The Bertz CT molecular complexity index is 874. The molecule has 0 saturated heterocycles. The summed E-state index contributed by atoms with van der Waals surface area (Å²) in [7, 11) is 0. The number of hydrogen-bond acceptors (Lipinski definition) is 1. The fourth-order valence-electron chi connectivity index (χ4n) is 2.22. The topological polar surface area (TPSA) is 29.1 Å². The molecule has 0 spiro atoms. The third-order valence-electron chi connectivity index (χ3n) is 3.29. The van der Waals surface area contributed by atoms with E-state index in [4.69, 9.17) is 11.6 Å². The predicted molar refractivity (Wildman–Crippen MR) is 83.3 cm³/mol. The quantitative estimate of drug-likeness (QED) is 0.660. The van der Waals surface area contributed by atoms with Gasteiger partial charge in [0.25, 0.3) is 5.91 Å². The molecule has 0 aliphatic carbocycles.